The highest BCUT2D eigenvalue weighted by Gasteiger charge is 2.04. The van der Waals surface area contributed by atoms with E-state index in [1.165, 1.54) is 0 Å². The molecule has 2 aromatic rings. The van der Waals surface area contributed by atoms with Crippen LogP contribution in [0.25, 0.3) is 11.2 Å². The van der Waals surface area contributed by atoms with E-state index in [2.05, 4.69) is 31.0 Å². The lowest BCUT2D eigenvalue weighted by atomic mass is 10.5. The average Bonchev–Trinajstić information content (AvgIpc) is 2.35. The SMILES string of the molecule is Cn1ncc2nc(Br)c(=O)[nH]c21. The van der Waals surface area contributed by atoms with E-state index in [4.69, 9.17) is 0 Å². The minimum atomic E-state index is -0.244. The standard InChI is InChI=1S/C6H5BrN4O/c1-11-5-3(2-8-11)9-4(7)6(12)10-5/h2H,1H3,(H,10,12). The maximum Gasteiger partial charge on any atom is 0.282 e. The van der Waals surface area contributed by atoms with Gasteiger partial charge in [0, 0.05) is 7.05 Å². The van der Waals surface area contributed by atoms with Crippen LogP contribution in [0.2, 0.25) is 0 Å². The third-order valence-corrected chi connectivity index (χ3v) is 2.09. The molecular weight excluding hydrogens is 224 g/mol. The predicted molar refractivity (Wildman–Crippen MR) is 46.8 cm³/mol. The first-order valence-electron chi connectivity index (χ1n) is 3.26. The summed E-state index contributed by atoms with van der Waals surface area (Å²) in [4.78, 5) is 17.7. The normalized spacial score (nSPS) is 10.8. The fourth-order valence-electron chi connectivity index (χ4n) is 0.968. The van der Waals surface area contributed by atoms with E-state index in [0.29, 0.717) is 11.2 Å². The van der Waals surface area contributed by atoms with Crippen molar-refractivity contribution in [3.8, 4) is 0 Å². The smallest absolute Gasteiger partial charge is 0.282 e. The molecule has 6 heteroatoms. The lowest BCUT2D eigenvalue weighted by molar-refractivity contribution is 0.784. The van der Waals surface area contributed by atoms with Crippen molar-refractivity contribution in [2.45, 2.75) is 0 Å². The van der Waals surface area contributed by atoms with Crippen LogP contribution in [0.1, 0.15) is 0 Å². The zero-order valence-corrected chi connectivity index (χ0v) is 7.79. The maximum absolute atomic E-state index is 11.1. The summed E-state index contributed by atoms with van der Waals surface area (Å²) in [7, 11) is 1.74. The first kappa shape index (κ1) is 7.48. The van der Waals surface area contributed by atoms with Gasteiger partial charge in [0.1, 0.15) is 5.52 Å². The van der Waals surface area contributed by atoms with Gasteiger partial charge in [0.15, 0.2) is 10.3 Å². The first-order valence-corrected chi connectivity index (χ1v) is 4.05. The molecule has 0 unspecified atom stereocenters. The Morgan fingerprint density at radius 2 is 2.42 bits per heavy atom. The molecule has 2 rings (SSSR count). The van der Waals surface area contributed by atoms with E-state index in [-0.39, 0.29) is 10.2 Å². The summed E-state index contributed by atoms with van der Waals surface area (Å²) in [5, 5.41) is 3.94. The van der Waals surface area contributed by atoms with Gasteiger partial charge in [0.05, 0.1) is 6.20 Å². The van der Waals surface area contributed by atoms with Crippen molar-refractivity contribution >= 4 is 27.1 Å². The molecular formula is C6H5BrN4O. The summed E-state index contributed by atoms with van der Waals surface area (Å²) in [5.41, 5.74) is 1.05. The molecule has 0 aliphatic heterocycles. The number of H-pyrrole nitrogens is 1. The quantitative estimate of drug-likeness (QED) is 0.711. The Balaban J connectivity index is 2.97. The average molecular weight is 229 g/mol. The van der Waals surface area contributed by atoms with Gasteiger partial charge >= 0.3 is 0 Å². The lowest BCUT2D eigenvalue weighted by Gasteiger charge is -1.92. The van der Waals surface area contributed by atoms with Gasteiger partial charge < -0.3 is 4.98 Å². The summed E-state index contributed by atoms with van der Waals surface area (Å²) in [6.45, 7) is 0. The molecule has 0 amide bonds. The molecule has 0 radical (unpaired) electrons. The number of halogens is 1. The van der Waals surface area contributed by atoms with Crippen LogP contribution >= 0.6 is 15.9 Å². The highest BCUT2D eigenvalue weighted by atomic mass is 79.9. The minimum absolute atomic E-state index is 0.244. The van der Waals surface area contributed by atoms with Gasteiger partial charge in [-0.2, -0.15) is 5.10 Å². The molecule has 12 heavy (non-hydrogen) atoms. The predicted octanol–water partition coefficient (Wildman–Crippen LogP) is 0.419. The molecule has 2 aromatic heterocycles. The molecule has 2 heterocycles. The minimum Gasteiger partial charge on any atom is -0.303 e. The summed E-state index contributed by atoms with van der Waals surface area (Å²) in [6, 6.07) is 0. The molecule has 0 saturated carbocycles. The number of rotatable bonds is 0. The zero-order chi connectivity index (χ0) is 8.72. The monoisotopic (exact) mass is 228 g/mol. The number of aromatic nitrogens is 4. The summed E-state index contributed by atoms with van der Waals surface area (Å²) in [6.07, 6.45) is 1.59. The fraction of sp³-hybridized carbons (Fsp3) is 0.167. The molecule has 0 aliphatic carbocycles. The van der Waals surface area contributed by atoms with Crippen LogP contribution in [0.3, 0.4) is 0 Å². The van der Waals surface area contributed by atoms with Crippen LogP contribution in [0.4, 0.5) is 0 Å². The Morgan fingerprint density at radius 3 is 3.17 bits per heavy atom. The van der Waals surface area contributed by atoms with Gasteiger partial charge in [-0.1, -0.05) is 0 Å². The van der Waals surface area contributed by atoms with Crippen molar-refractivity contribution in [1.82, 2.24) is 19.7 Å². The molecule has 0 fully saturated rings. The highest BCUT2D eigenvalue weighted by molar-refractivity contribution is 9.10. The Bertz CT molecular complexity index is 486. The van der Waals surface area contributed by atoms with Crippen molar-refractivity contribution in [3.63, 3.8) is 0 Å². The van der Waals surface area contributed by atoms with E-state index >= 15 is 0 Å². The number of nitrogens with one attached hydrogen (secondary N) is 1. The molecule has 0 atom stereocenters. The number of hydrogen-bond acceptors (Lipinski definition) is 3. The Labute approximate surface area is 75.6 Å². The van der Waals surface area contributed by atoms with Gasteiger partial charge in [-0.15, -0.1) is 0 Å². The summed E-state index contributed by atoms with van der Waals surface area (Å²) >= 11 is 3.03. The number of aryl methyl sites for hydroxylation is 1. The van der Waals surface area contributed by atoms with E-state index in [0.717, 1.165) is 0 Å². The lowest BCUT2D eigenvalue weighted by Crippen LogP contribution is -2.09. The van der Waals surface area contributed by atoms with Crippen LogP contribution in [0.5, 0.6) is 0 Å². The molecule has 0 bridgehead atoms. The first-order chi connectivity index (χ1) is 5.68. The van der Waals surface area contributed by atoms with Gasteiger partial charge in [-0.3, -0.25) is 9.48 Å². The van der Waals surface area contributed by atoms with Crippen LogP contribution in [-0.4, -0.2) is 19.7 Å². The third kappa shape index (κ3) is 0.953. The second-order valence-electron chi connectivity index (χ2n) is 2.36. The molecule has 5 nitrogen and oxygen atoms in total. The topological polar surface area (TPSA) is 63.6 Å². The molecule has 62 valence electrons. The summed E-state index contributed by atoms with van der Waals surface area (Å²) < 4.78 is 1.85. The Hall–Kier alpha value is -1.17. The number of hydrogen-bond donors (Lipinski definition) is 1. The fourth-order valence-corrected chi connectivity index (χ4v) is 1.26. The summed E-state index contributed by atoms with van der Waals surface area (Å²) in [5.74, 6) is 0. The molecule has 0 aliphatic rings. The van der Waals surface area contributed by atoms with Crippen LogP contribution in [0.15, 0.2) is 15.6 Å². The third-order valence-electron chi connectivity index (χ3n) is 1.56. The van der Waals surface area contributed by atoms with E-state index in [1.807, 2.05) is 0 Å². The Morgan fingerprint density at radius 1 is 1.67 bits per heavy atom. The largest absolute Gasteiger partial charge is 0.303 e. The van der Waals surface area contributed by atoms with Crippen LogP contribution < -0.4 is 5.56 Å². The van der Waals surface area contributed by atoms with Crippen molar-refractivity contribution in [3.05, 3.63) is 21.2 Å². The Kier molecular flexibility index (Phi) is 1.50. The number of aromatic amines is 1. The molecule has 0 saturated heterocycles. The van der Waals surface area contributed by atoms with Crippen molar-refractivity contribution < 1.29 is 0 Å². The molecule has 1 N–H and O–H groups in total. The maximum atomic E-state index is 11.1. The second kappa shape index (κ2) is 2.41. The van der Waals surface area contributed by atoms with E-state index < -0.39 is 0 Å². The molecule has 0 aromatic carbocycles. The number of nitrogens with zero attached hydrogens (tertiary/aromatic N) is 3. The van der Waals surface area contributed by atoms with E-state index in [9.17, 15) is 4.79 Å². The second-order valence-corrected chi connectivity index (χ2v) is 3.11. The van der Waals surface area contributed by atoms with Gasteiger partial charge in [-0.25, -0.2) is 4.98 Å². The van der Waals surface area contributed by atoms with Crippen LogP contribution in [0, 0.1) is 0 Å². The van der Waals surface area contributed by atoms with Crippen LogP contribution in [-0.2, 0) is 7.05 Å². The van der Waals surface area contributed by atoms with Gasteiger partial charge in [-0.05, 0) is 15.9 Å². The van der Waals surface area contributed by atoms with Crippen molar-refractivity contribution in [2.75, 3.05) is 0 Å². The zero-order valence-electron chi connectivity index (χ0n) is 6.21. The number of fused-ring (bicyclic) bond motifs is 1. The van der Waals surface area contributed by atoms with E-state index in [1.54, 1.807) is 17.9 Å². The van der Waals surface area contributed by atoms with Crippen molar-refractivity contribution in [2.24, 2.45) is 7.05 Å². The van der Waals surface area contributed by atoms with Crippen molar-refractivity contribution in [1.29, 1.82) is 0 Å². The molecule has 0 spiro atoms. The van der Waals surface area contributed by atoms with Gasteiger partial charge in [0.2, 0.25) is 0 Å². The highest BCUT2D eigenvalue weighted by Crippen LogP contribution is 2.06. The van der Waals surface area contributed by atoms with Gasteiger partial charge in [0.25, 0.3) is 5.56 Å².